The number of unbranched alkanes of at least 4 members (excludes halogenated alkanes) is 5. The molecule has 1 aromatic rings. The standard InChI is InChI=1S/C27H46BrN3OS/c1-5-6-9-18-30(3)19-10-7-8-11-20-32-25-15-13-24(14-16-25)31(4)27(33)29-26-17-12-23(28)21-22(26)2/h12,17,21,24-25H,5-11,13-16,18-20H2,1-4H3,(H,29,33). The fourth-order valence-corrected chi connectivity index (χ4v) is 5.30. The molecule has 0 aliphatic heterocycles. The fraction of sp³-hybridized carbons (Fsp3) is 0.741. The van der Waals surface area contributed by atoms with E-state index in [9.17, 15) is 0 Å². The summed E-state index contributed by atoms with van der Waals surface area (Å²) in [6, 6.07) is 6.74. The summed E-state index contributed by atoms with van der Waals surface area (Å²) in [6.45, 7) is 7.78. The number of nitrogens with one attached hydrogen (secondary N) is 1. The first kappa shape index (κ1) is 28.5. The van der Waals surface area contributed by atoms with E-state index in [1.54, 1.807) is 0 Å². The molecule has 0 radical (unpaired) electrons. The molecule has 0 heterocycles. The number of nitrogens with zero attached hydrogens (tertiary/aromatic N) is 2. The van der Waals surface area contributed by atoms with E-state index in [2.05, 4.69) is 71.1 Å². The quantitative estimate of drug-likeness (QED) is 0.196. The van der Waals surface area contributed by atoms with Gasteiger partial charge in [-0.25, -0.2) is 0 Å². The fourth-order valence-electron chi connectivity index (χ4n) is 4.57. The van der Waals surface area contributed by atoms with Crippen molar-refractivity contribution in [3.8, 4) is 0 Å². The van der Waals surface area contributed by atoms with Gasteiger partial charge in [0.05, 0.1) is 6.10 Å². The van der Waals surface area contributed by atoms with Crippen LogP contribution in [0.4, 0.5) is 5.69 Å². The largest absolute Gasteiger partial charge is 0.378 e. The maximum Gasteiger partial charge on any atom is 0.173 e. The van der Waals surface area contributed by atoms with Gasteiger partial charge >= 0.3 is 0 Å². The van der Waals surface area contributed by atoms with Crippen molar-refractivity contribution >= 4 is 38.9 Å². The van der Waals surface area contributed by atoms with Crippen LogP contribution in [0.3, 0.4) is 0 Å². The molecule has 1 N–H and O–H groups in total. The van der Waals surface area contributed by atoms with Crippen LogP contribution in [0.1, 0.15) is 83.1 Å². The molecule has 1 saturated carbocycles. The highest BCUT2D eigenvalue weighted by molar-refractivity contribution is 9.10. The van der Waals surface area contributed by atoms with Gasteiger partial charge in [0.1, 0.15) is 0 Å². The van der Waals surface area contributed by atoms with Crippen LogP contribution in [-0.2, 0) is 4.74 Å². The molecule has 0 saturated heterocycles. The second-order valence-corrected chi connectivity index (χ2v) is 11.0. The smallest absolute Gasteiger partial charge is 0.173 e. The number of thiocarbonyl (C=S) groups is 1. The van der Waals surface area contributed by atoms with E-state index in [1.165, 1.54) is 63.6 Å². The molecule has 0 unspecified atom stereocenters. The number of benzene rings is 1. The number of rotatable bonds is 14. The van der Waals surface area contributed by atoms with Crippen molar-refractivity contribution in [2.45, 2.75) is 96.6 Å². The third-order valence-corrected chi connectivity index (χ3v) is 7.76. The molecule has 0 amide bonds. The Morgan fingerprint density at radius 2 is 1.70 bits per heavy atom. The average Bonchev–Trinajstić information content (AvgIpc) is 2.80. The molecule has 0 atom stereocenters. The van der Waals surface area contributed by atoms with Gasteiger partial charge in [0.25, 0.3) is 0 Å². The van der Waals surface area contributed by atoms with Gasteiger partial charge in [0, 0.05) is 29.9 Å². The lowest BCUT2D eigenvalue weighted by molar-refractivity contribution is 0.0149. The maximum atomic E-state index is 6.21. The molecule has 2 rings (SSSR count). The molecular formula is C27H46BrN3OS. The van der Waals surface area contributed by atoms with E-state index < -0.39 is 0 Å². The van der Waals surface area contributed by atoms with Crippen LogP contribution < -0.4 is 5.32 Å². The average molecular weight is 541 g/mol. The first-order valence-electron chi connectivity index (χ1n) is 13.0. The van der Waals surface area contributed by atoms with E-state index in [-0.39, 0.29) is 0 Å². The van der Waals surface area contributed by atoms with Crippen LogP contribution in [0.25, 0.3) is 0 Å². The summed E-state index contributed by atoms with van der Waals surface area (Å²) >= 11 is 9.22. The zero-order valence-electron chi connectivity index (χ0n) is 21.4. The van der Waals surface area contributed by atoms with Crippen molar-refractivity contribution < 1.29 is 4.74 Å². The highest BCUT2D eigenvalue weighted by atomic mass is 79.9. The molecule has 0 aromatic heterocycles. The molecule has 0 spiro atoms. The normalized spacial score (nSPS) is 18.5. The molecule has 4 nitrogen and oxygen atoms in total. The molecule has 1 aliphatic rings. The van der Waals surface area contributed by atoms with Crippen molar-refractivity contribution in [2.75, 3.05) is 39.1 Å². The van der Waals surface area contributed by atoms with E-state index in [0.29, 0.717) is 12.1 Å². The Labute approximate surface area is 216 Å². The van der Waals surface area contributed by atoms with Crippen molar-refractivity contribution in [1.82, 2.24) is 9.80 Å². The minimum Gasteiger partial charge on any atom is -0.378 e. The monoisotopic (exact) mass is 539 g/mol. The Morgan fingerprint density at radius 1 is 1.03 bits per heavy atom. The van der Waals surface area contributed by atoms with Crippen LogP contribution in [-0.4, -0.2) is 60.8 Å². The number of hydrogen-bond acceptors (Lipinski definition) is 3. The number of ether oxygens (including phenoxy) is 1. The Balaban J connectivity index is 1.54. The van der Waals surface area contributed by atoms with Gasteiger partial charge in [-0.15, -0.1) is 0 Å². The topological polar surface area (TPSA) is 27.7 Å². The van der Waals surface area contributed by atoms with E-state index >= 15 is 0 Å². The second kappa shape index (κ2) is 16.1. The predicted octanol–water partition coefficient (Wildman–Crippen LogP) is 7.40. The van der Waals surface area contributed by atoms with Crippen molar-refractivity contribution in [1.29, 1.82) is 0 Å². The summed E-state index contributed by atoms with van der Waals surface area (Å²) in [5.74, 6) is 0. The van der Waals surface area contributed by atoms with Crippen LogP contribution >= 0.6 is 28.1 Å². The van der Waals surface area contributed by atoms with Gasteiger partial charge in [0.2, 0.25) is 0 Å². The summed E-state index contributed by atoms with van der Waals surface area (Å²) in [7, 11) is 4.38. The minimum atomic E-state index is 0.426. The molecule has 33 heavy (non-hydrogen) atoms. The predicted molar refractivity (Wildman–Crippen MR) is 150 cm³/mol. The highest BCUT2D eigenvalue weighted by Gasteiger charge is 2.25. The molecule has 1 fully saturated rings. The lowest BCUT2D eigenvalue weighted by Crippen LogP contribution is -2.42. The van der Waals surface area contributed by atoms with Crippen molar-refractivity contribution in [2.24, 2.45) is 0 Å². The second-order valence-electron chi connectivity index (χ2n) is 9.73. The minimum absolute atomic E-state index is 0.426. The number of hydrogen-bond donors (Lipinski definition) is 1. The first-order chi connectivity index (χ1) is 15.9. The molecule has 0 bridgehead atoms. The summed E-state index contributed by atoms with van der Waals surface area (Å²) in [5, 5.41) is 4.23. The third kappa shape index (κ3) is 11.1. The van der Waals surface area contributed by atoms with E-state index in [0.717, 1.165) is 47.6 Å². The zero-order valence-corrected chi connectivity index (χ0v) is 23.8. The van der Waals surface area contributed by atoms with E-state index in [1.807, 2.05) is 6.07 Å². The Morgan fingerprint density at radius 3 is 2.36 bits per heavy atom. The molecular weight excluding hydrogens is 494 g/mol. The zero-order chi connectivity index (χ0) is 24.1. The van der Waals surface area contributed by atoms with Crippen LogP contribution in [0.15, 0.2) is 22.7 Å². The summed E-state index contributed by atoms with van der Waals surface area (Å²) in [4.78, 5) is 4.73. The summed E-state index contributed by atoms with van der Waals surface area (Å²) in [6.07, 6.45) is 14.1. The Hall–Kier alpha value is -0.690. The first-order valence-corrected chi connectivity index (χ1v) is 14.2. The molecule has 188 valence electrons. The Bertz CT molecular complexity index is 694. The third-order valence-electron chi connectivity index (χ3n) is 6.87. The van der Waals surface area contributed by atoms with Gasteiger partial charge in [-0.05, 0) is 108 Å². The lowest BCUT2D eigenvalue weighted by atomic mass is 9.92. The highest BCUT2D eigenvalue weighted by Crippen LogP contribution is 2.26. The van der Waals surface area contributed by atoms with Gasteiger partial charge in [-0.2, -0.15) is 0 Å². The molecule has 1 aliphatic carbocycles. The summed E-state index contributed by atoms with van der Waals surface area (Å²) < 4.78 is 7.30. The number of halogens is 1. The van der Waals surface area contributed by atoms with Crippen molar-refractivity contribution in [3.05, 3.63) is 28.2 Å². The number of aryl methyl sites for hydroxylation is 1. The van der Waals surface area contributed by atoms with Gasteiger partial charge in [-0.1, -0.05) is 48.5 Å². The Kier molecular flexibility index (Phi) is 13.9. The lowest BCUT2D eigenvalue weighted by Gasteiger charge is -2.36. The van der Waals surface area contributed by atoms with Gasteiger partial charge in [0.15, 0.2) is 5.11 Å². The van der Waals surface area contributed by atoms with Crippen LogP contribution in [0, 0.1) is 6.92 Å². The summed E-state index contributed by atoms with van der Waals surface area (Å²) in [5.41, 5.74) is 2.27. The van der Waals surface area contributed by atoms with Crippen LogP contribution in [0.2, 0.25) is 0 Å². The van der Waals surface area contributed by atoms with Crippen molar-refractivity contribution in [3.63, 3.8) is 0 Å². The maximum absolute atomic E-state index is 6.21. The van der Waals surface area contributed by atoms with Crippen LogP contribution in [0.5, 0.6) is 0 Å². The molecule has 1 aromatic carbocycles. The van der Waals surface area contributed by atoms with Gasteiger partial charge in [-0.3, -0.25) is 0 Å². The molecule has 6 heteroatoms. The SMILES string of the molecule is CCCCCN(C)CCCCCCOC1CCC(N(C)C(=S)Nc2ccc(Br)cc2C)CC1. The number of anilines is 1. The van der Waals surface area contributed by atoms with E-state index in [4.69, 9.17) is 17.0 Å². The van der Waals surface area contributed by atoms with Gasteiger partial charge < -0.3 is 19.9 Å².